The maximum Gasteiger partial charge on any atom is 0.416 e. The molecule has 0 aliphatic carbocycles. The van der Waals surface area contributed by atoms with E-state index in [1.54, 1.807) is 18.2 Å². The molecule has 1 aromatic carbocycles. The highest BCUT2D eigenvalue weighted by Gasteiger charge is 2.31. The van der Waals surface area contributed by atoms with Gasteiger partial charge in [-0.25, -0.2) is 9.97 Å². The SMILES string of the molecule is CC(=O)c1cc(Br)cc(CBr)n1.CC(=O)c1cc(Br)cc(COc2ccc(C(F)(F)F)cc2Cl)n1. The molecule has 2 aromatic heterocycles. The van der Waals surface area contributed by atoms with Gasteiger partial charge in [-0.2, -0.15) is 13.2 Å². The van der Waals surface area contributed by atoms with Crippen molar-refractivity contribution in [1.29, 1.82) is 0 Å². The molecule has 0 radical (unpaired) electrons. The quantitative estimate of drug-likeness (QED) is 0.191. The highest BCUT2D eigenvalue weighted by molar-refractivity contribution is 9.10. The van der Waals surface area contributed by atoms with Crippen molar-refractivity contribution < 1.29 is 27.5 Å². The number of benzene rings is 1. The van der Waals surface area contributed by atoms with Crippen LogP contribution in [-0.4, -0.2) is 21.5 Å². The summed E-state index contributed by atoms with van der Waals surface area (Å²) in [7, 11) is 0. The van der Waals surface area contributed by atoms with Crippen LogP contribution in [0.3, 0.4) is 0 Å². The Labute approximate surface area is 229 Å². The standard InChI is InChI=1S/C15H10BrClF3NO2.C8H7Br2NO/c1-8(22)13-6-10(16)5-11(21-13)7-23-14-3-2-9(4-12(14)17)15(18,19)20;1-5(12)8-3-6(10)2-7(4-9)11-8/h2-6H,7H2,1H3;2-3H,4H2,1H3. The van der Waals surface area contributed by atoms with E-state index in [4.69, 9.17) is 16.3 Å². The molecule has 0 N–H and O–H groups in total. The number of carbonyl (C=O) groups is 2. The summed E-state index contributed by atoms with van der Waals surface area (Å²) in [6.07, 6.45) is -4.47. The van der Waals surface area contributed by atoms with Gasteiger partial charge < -0.3 is 4.74 Å². The van der Waals surface area contributed by atoms with Gasteiger partial charge >= 0.3 is 6.18 Å². The van der Waals surface area contributed by atoms with Gasteiger partial charge in [-0.15, -0.1) is 0 Å². The molecule has 0 fully saturated rings. The molecule has 0 saturated carbocycles. The minimum absolute atomic E-state index is 0.0153. The molecule has 0 atom stereocenters. The van der Waals surface area contributed by atoms with Crippen LogP contribution in [0.4, 0.5) is 13.2 Å². The van der Waals surface area contributed by atoms with Gasteiger partial charge in [0.15, 0.2) is 11.6 Å². The molecule has 0 spiro atoms. The Hall–Kier alpha value is -1.82. The topological polar surface area (TPSA) is 69.2 Å². The zero-order valence-corrected chi connectivity index (χ0v) is 23.7. The number of aromatic nitrogens is 2. The van der Waals surface area contributed by atoms with Crippen molar-refractivity contribution in [2.45, 2.75) is 32.0 Å². The van der Waals surface area contributed by atoms with E-state index in [-0.39, 0.29) is 34.6 Å². The van der Waals surface area contributed by atoms with E-state index >= 15 is 0 Å². The molecule has 5 nitrogen and oxygen atoms in total. The van der Waals surface area contributed by atoms with E-state index in [1.807, 2.05) is 6.07 Å². The predicted octanol–water partition coefficient (Wildman–Crippen LogP) is 8.24. The lowest BCUT2D eigenvalue weighted by Gasteiger charge is -2.11. The summed E-state index contributed by atoms with van der Waals surface area (Å²) in [5.74, 6) is -0.121. The number of hydrogen-bond acceptors (Lipinski definition) is 5. The fourth-order valence-electron chi connectivity index (χ4n) is 2.55. The van der Waals surface area contributed by atoms with Gasteiger partial charge in [-0.05, 0) is 42.5 Å². The van der Waals surface area contributed by atoms with Crippen molar-refractivity contribution in [2.75, 3.05) is 0 Å². The lowest BCUT2D eigenvalue weighted by atomic mass is 10.2. The van der Waals surface area contributed by atoms with E-state index in [1.165, 1.54) is 13.8 Å². The number of carbonyl (C=O) groups excluding carboxylic acids is 2. The number of Topliss-reactive ketones (excluding diaryl/α,β-unsaturated/α-hetero) is 2. The fraction of sp³-hybridized carbons (Fsp3) is 0.217. The van der Waals surface area contributed by atoms with Crippen LogP contribution in [0, 0.1) is 0 Å². The van der Waals surface area contributed by atoms with Crippen LogP contribution >= 0.6 is 59.4 Å². The number of nitrogens with zero attached hydrogens (tertiary/aromatic N) is 2. The van der Waals surface area contributed by atoms with Gasteiger partial charge in [0.25, 0.3) is 0 Å². The number of hydrogen-bond donors (Lipinski definition) is 0. The van der Waals surface area contributed by atoms with Gasteiger partial charge in [0.2, 0.25) is 0 Å². The van der Waals surface area contributed by atoms with E-state index in [0.717, 1.165) is 28.4 Å². The molecule has 0 bridgehead atoms. The molecule has 0 unspecified atom stereocenters. The van der Waals surface area contributed by atoms with Crippen molar-refractivity contribution in [3.8, 4) is 5.75 Å². The normalized spacial score (nSPS) is 10.9. The van der Waals surface area contributed by atoms with Gasteiger partial charge in [-0.1, -0.05) is 59.4 Å². The third kappa shape index (κ3) is 9.29. The first-order valence-electron chi connectivity index (χ1n) is 9.70. The second-order valence-electron chi connectivity index (χ2n) is 7.00. The number of ether oxygens (including phenoxy) is 1. The highest BCUT2D eigenvalue weighted by Crippen LogP contribution is 2.35. The molecule has 186 valence electrons. The van der Waals surface area contributed by atoms with E-state index < -0.39 is 11.7 Å². The van der Waals surface area contributed by atoms with Crippen LogP contribution in [0.15, 0.2) is 51.4 Å². The second-order valence-corrected chi connectivity index (χ2v) is 9.80. The van der Waals surface area contributed by atoms with Crippen molar-refractivity contribution in [1.82, 2.24) is 9.97 Å². The molecular formula is C23H17Br3ClF3N2O3. The Morgan fingerprint density at radius 1 is 0.914 bits per heavy atom. The van der Waals surface area contributed by atoms with Crippen LogP contribution in [0.2, 0.25) is 5.02 Å². The first-order valence-corrected chi connectivity index (χ1v) is 12.8. The summed E-state index contributed by atoms with van der Waals surface area (Å²) >= 11 is 15.6. The minimum atomic E-state index is -4.47. The number of ketones is 2. The predicted molar refractivity (Wildman–Crippen MR) is 137 cm³/mol. The molecule has 0 aliphatic rings. The molecular weight excluding hydrogens is 684 g/mol. The molecule has 2 heterocycles. The first kappa shape index (κ1) is 29.4. The first-order chi connectivity index (χ1) is 16.3. The average Bonchev–Trinajstić information content (AvgIpc) is 2.77. The van der Waals surface area contributed by atoms with E-state index in [2.05, 4.69) is 57.8 Å². The third-order valence-electron chi connectivity index (χ3n) is 4.18. The molecule has 3 rings (SSSR count). The largest absolute Gasteiger partial charge is 0.486 e. The van der Waals surface area contributed by atoms with Crippen molar-refractivity contribution in [3.63, 3.8) is 0 Å². The van der Waals surface area contributed by atoms with E-state index in [0.29, 0.717) is 21.2 Å². The van der Waals surface area contributed by atoms with Crippen molar-refractivity contribution in [2.24, 2.45) is 0 Å². The Kier molecular flexibility index (Phi) is 10.9. The lowest BCUT2D eigenvalue weighted by molar-refractivity contribution is -0.137. The maximum absolute atomic E-state index is 12.6. The zero-order valence-electron chi connectivity index (χ0n) is 18.2. The summed E-state index contributed by atoms with van der Waals surface area (Å²) in [6.45, 7) is 2.85. The number of halogens is 7. The number of pyridine rings is 2. The average molecular weight is 702 g/mol. The molecule has 0 aliphatic heterocycles. The number of alkyl halides is 4. The summed E-state index contributed by atoms with van der Waals surface area (Å²) < 4.78 is 44.6. The van der Waals surface area contributed by atoms with Crippen molar-refractivity contribution >= 4 is 71.0 Å². The fourth-order valence-corrected chi connectivity index (χ4v) is 4.03. The van der Waals surface area contributed by atoms with Crippen LogP contribution in [0.5, 0.6) is 5.75 Å². The molecule has 35 heavy (non-hydrogen) atoms. The maximum atomic E-state index is 12.6. The summed E-state index contributed by atoms with van der Waals surface area (Å²) in [5, 5.41) is 0.508. The van der Waals surface area contributed by atoms with Crippen LogP contribution in [0.25, 0.3) is 0 Å². The van der Waals surface area contributed by atoms with Gasteiger partial charge in [0.1, 0.15) is 23.7 Å². The second kappa shape index (κ2) is 12.9. The highest BCUT2D eigenvalue weighted by atomic mass is 79.9. The molecule has 0 amide bonds. The van der Waals surface area contributed by atoms with Crippen LogP contribution < -0.4 is 4.74 Å². The minimum Gasteiger partial charge on any atom is -0.486 e. The summed E-state index contributed by atoms with van der Waals surface area (Å²) in [5.41, 5.74) is 1.21. The Morgan fingerprint density at radius 2 is 1.43 bits per heavy atom. The van der Waals surface area contributed by atoms with Gasteiger partial charge in [0, 0.05) is 28.1 Å². The van der Waals surface area contributed by atoms with Crippen LogP contribution in [-0.2, 0) is 18.1 Å². The monoisotopic (exact) mass is 698 g/mol. The third-order valence-corrected chi connectivity index (χ3v) is 5.96. The zero-order chi connectivity index (χ0) is 26.3. The Bertz CT molecular complexity index is 1240. The van der Waals surface area contributed by atoms with Gasteiger partial charge in [0.05, 0.1) is 22.0 Å². The number of rotatable bonds is 6. The Balaban J connectivity index is 0.000000303. The van der Waals surface area contributed by atoms with Crippen molar-refractivity contribution in [3.05, 3.63) is 84.8 Å². The van der Waals surface area contributed by atoms with Crippen LogP contribution in [0.1, 0.15) is 51.8 Å². The Morgan fingerprint density at radius 3 is 1.89 bits per heavy atom. The molecule has 12 heteroatoms. The van der Waals surface area contributed by atoms with E-state index in [9.17, 15) is 22.8 Å². The molecule has 0 saturated heterocycles. The lowest BCUT2D eigenvalue weighted by Crippen LogP contribution is -2.06. The molecule has 3 aromatic rings. The summed E-state index contributed by atoms with van der Waals surface area (Å²) in [6, 6.07) is 9.63. The van der Waals surface area contributed by atoms with Gasteiger partial charge in [-0.3, -0.25) is 9.59 Å². The summed E-state index contributed by atoms with van der Waals surface area (Å²) in [4.78, 5) is 30.6. The smallest absolute Gasteiger partial charge is 0.416 e.